The second-order valence-corrected chi connectivity index (χ2v) is 6.47. The third-order valence-electron chi connectivity index (χ3n) is 4.39. The Kier molecular flexibility index (Phi) is 3.01. The number of methoxy groups -OCH3 is 1. The van der Waals surface area contributed by atoms with Crippen LogP contribution in [0.15, 0.2) is 24.3 Å². The Morgan fingerprint density at radius 1 is 1.32 bits per heavy atom. The summed E-state index contributed by atoms with van der Waals surface area (Å²) >= 11 is 5.96. The van der Waals surface area contributed by atoms with Crippen molar-refractivity contribution in [1.29, 1.82) is 0 Å². The van der Waals surface area contributed by atoms with Gasteiger partial charge in [0.2, 0.25) is 0 Å². The van der Waals surface area contributed by atoms with Crippen LogP contribution in [0.25, 0.3) is 5.69 Å². The number of aromatic nitrogens is 3. The molecule has 0 N–H and O–H groups in total. The van der Waals surface area contributed by atoms with E-state index in [-0.39, 0.29) is 5.97 Å². The van der Waals surface area contributed by atoms with Crippen LogP contribution in [0.2, 0.25) is 5.02 Å². The van der Waals surface area contributed by atoms with E-state index in [2.05, 4.69) is 5.10 Å². The smallest absolute Gasteiger partial charge is 0.319 e. The minimum absolute atomic E-state index is 0.225. The molecule has 1 aromatic carbocycles. The Hall–Kier alpha value is -1.88. The fourth-order valence-corrected chi connectivity index (χ4v) is 2.88. The number of benzene rings is 1. The molecule has 2 aliphatic rings. The molecule has 2 fully saturated rings. The van der Waals surface area contributed by atoms with Crippen LogP contribution in [-0.2, 0) is 14.9 Å². The van der Waals surface area contributed by atoms with Crippen molar-refractivity contribution >= 4 is 17.6 Å². The second kappa shape index (κ2) is 4.81. The van der Waals surface area contributed by atoms with Gasteiger partial charge in [0.25, 0.3) is 0 Å². The second-order valence-electron chi connectivity index (χ2n) is 6.03. The molecule has 0 amide bonds. The third-order valence-corrected chi connectivity index (χ3v) is 4.64. The molecule has 2 saturated carbocycles. The minimum atomic E-state index is -0.630. The molecule has 0 radical (unpaired) electrons. The standard InChI is InChI=1S/C16H16ClN3O2/c1-22-15(21)16(8-9-16)14-18-13(10-2-3-10)19-20(14)12-6-4-11(17)5-7-12/h4-7,10H,2-3,8-9H2,1H3. The van der Waals surface area contributed by atoms with E-state index in [1.54, 1.807) is 4.68 Å². The summed E-state index contributed by atoms with van der Waals surface area (Å²) < 4.78 is 6.77. The number of hydrogen-bond acceptors (Lipinski definition) is 4. The monoisotopic (exact) mass is 317 g/mol. The first-order valence-electron chi connectivity index (χ1n) is 7.46. The summed E-state index contributed by atoms with van der Waals surface area (Å²) in [5.41, 5.74) is 0.239. The van der Waals surface area contributed by atoms with E-state index < -0.39 is 5.41 Å². The van der Waals surface area contributed by atoms with Gasteiger partial charge in [-0.3, -0.25) is 4.79 Å². The Bertz CT molecular complexity index is 730. The minimum Gasteiger partial charge on any atom is -0.468 e. The maximum atomic E-state index is 12.2. The van der Waals surface area contributed by atoms with E-state index in [1.165, 1.54) is 7.11 Å². The molecule has 0 bridgehead atoms. The molecule has 4 rings (SSSR count). The number of halogens is 1. The highest BCUT2D eigenvalue weighted by atomic mass is 35.5. The normalized spacial score (nSPS) is 19.0. The number of esters is 1. The number of hydrogen-bond donors (Lipinski definition) is 0. The van der Waals surface area contributed by atoms with E-state index >= 15 is 0 Å². The van der Waals surface area contributed by atoms with Gasteiger partial charge in [0.05, 0.1) is 12.8 Å². The van der Waals surface area contributed by atoms with E-state index in [1.807, 2.05) is 24.3 Å². The van der Waals surface area contributed by atoms with Gasteiger partial charge in [0, 0.05) is 10.9 Å². The molecule has 1 heterocycles. The highest BCUT2D eigenvalue weighted by Gasteiger charge is 2.57. The van der Waals surface area contributed by atoms with Crippen LogP contribution in [-0.4, -0.2) is 27.8 Å². The average molecular weight is 318 g/mol. The van der Waals surface area contributed by atoms with Crippen LogP contribution >= 0.6 is 11.6 Å². The zero-order valence-electron chi connectivity index (χ0n) is 12.3. The Balaban J connectivity index is 1.83. The lowest BCUT2D eigenvalue weighted by Gasteiger charge is -2.13. The molecule has 2 aliphatic carbocycles. The number of rotatable bonds is 4. The van der Waals surface area contributed by atoms with Crippen LogP contribution in [0, 0.1) is 0 Å². The molecule has 1 aromatic heterocycles. The number of carbonyl (C=O) groups excluding carboxylic acids is 1. The summed E-state index contributed by atoms with van der Waals surface area (Å²) in [6, 6.07) is 7.42. The zero-order valence-corrected chi connectivity index (χ0v) is 13.0. The van der Waals surface area contributed by atoms with Gasteiger partial charge in [-0.25, -0.2) is 9.67 Å². The first-order chi connectivity index (χ1) is 10.6. The summed E-state index contributed by atoms with van der Waals surface area (Å²) in [7, 11) is 1.42. The zero-order chi connectivity index (χ0) is 15.3. The van der Waals surface area contributed by atoms with E-state index in [4.69, 9.17) is 21.3 Å². The van der Waals surface area contributed by atoms with Gasteiger partial charge in [-0.05, 0) is 49.9 Å². The number of carbonyl (C=O) groups is 1. The highest BCUT2D eigenvalue weighted by molar-refractivity contribution is 6.30. The molecular weight excluding hydrogens is 302 g/mol. The molecule has 0 spiro atoms. The molecule has 6 heteroatoms. The maximum absolute atomic E-state index is 12.2. The van der Waals surface area contributed by atoms with Gasteiger partial charge >= 0.3 is 5.97 Å². The molecule has 0 saturated heterocycles. The quantitative estimate of drug-likeness (QED) is 0.813. The van der Waals surface area contributed by atoms with Crippen LogP contribution in [0.1, 0.15) is 43.3 Å². The van der Waals surface area contributed by atoms with Crippen molar-refractivity contribution in [1.82, 2.24) is 14.8 Å². The average Bonchev–Trinajstić information content (AvgIpc) is 3.46. The molecule has 0 aliphatic heterocycles. The highest BCUT2D eigenvalue weighted by Crippen LogP contribution is 2.50. The SMILES string of the molecule is COC(=O)C1(c2nc(C3CC3)nn2-c2ccc(Cl)cc2)CC1. The van der Waals surface area contributed by atoms with Crippen LogP contribution < -0.4 is 0 Å². The summed E-state index contributed by atoms with van der Waals surface area (Å²) in [6.07, 6.45) is 3.76. The van der Waals surface area contributed by atoms with Gasteiger partial charge in [-0.1, -0.05) is 11.6 Å². The molecule has 0 atom stereocenters. The molecule has 2 aromatic rings. The molecule has 0 unspecified atom stereocenters. The van der Waals surface area contributed by atoms with Gasteiger partial charge in [-0.2, -0.15) is 5.10 Å². The van der Waals surface area contributed by atoms with Gasteiger partial charge in [0.15, 0.2) is 5.82 Å². The summed E-state index contributed by atoms with van der Waals surface area (Å²) in [4.78, 5) is 16.9. The third kappa shape index (κ3) is 2.11. The maximum Gasteiger partial charge on any atom is 0.319 e. The lowest BCUT2D eigenvalue weighted by atomic mass is 10.1. The first-order valence-corrected chi connectivity index (χ1v) is 7.84. The number of ether oxygens (including phenoxy) is 1. The Morgan fingerprint density at radius 2 is 2.00 bits per heavy atom. The van der Waals surface area contributed by atoms with Crippen molar-refractivity contribution in [2.75, 3.05) is 7.11 Å². The van der Waals surface area contributed by atoms with Crippen LogP contribution in [0.3, 0.4) is 0 Å². The van der Waals surface area contributed by atoms with Crippen molar-refractivity contribution in [2.45, 2.75) is 37.0 Å². The van der Waals surface area contributed by atoms with E-state index in [0.29, 0.717) is 16.8 Å². The first kappa shape index (κ1) is 13.8. The van der Waals surface area contributed by atoms with E-state index in [0.717, 1.165) is 37.2 Å². The van der Waals surface area contributed by atoms with Crippen LogP contribution in [0.4, 0.5) is 0 Å². The van der Waals surface area contributed by atoms with Crippen molar-refractivity contribution in [2.24, 2.45) is 0 Å². The molecule has 22 heavy (non-hydrogen) atoms. The summed E-state index contributed by atoms with van der Waals surface area (Å²) in [5.74, 6) is 1.74. The summed E-state index contributed by atoms with van der Waals surface area (Å²) in [6.45, 7) is 0. The van der Waals surface area contributed by atoms with Crippen LogP contribution in [0.5, 0.6) is 0 Å². The summed E-state index contributed by atoms with van der Waals surface area (Å²) in [5, 5.41) is 5.32. The largest absolute Gasteiger partial charge is 0.468 e. The lowest BCUT2D eigenvalue weighted by Crippen LogP contribution is -2.26. The van der Waals surface area contributed by atoms with Gasteiger partial charge < -0.3 is 4.74 Å². The van der Waals surface area contributed by atoms with E-state index in [9.17, 15) is 4.79 Å². The topological polar surface area (TPSA) is 57.0 Å². The lowest BCUT2D eigenvalue weighted by molar-refractivity contribution is -0.143. The predicted octanol–water partition coefficient (Wildman–Crippen LogP) is 3.00. The molecular formula is C16H16ClN3O2. The predicted molar refractivity (Wildman–Crippen MR) is 81.3 cm³/mol. The molecule has 114 valence electrons. The Morgan fingerprint density at radius 3 is 2.55 bits per heavy atom. The van der Waals surface area contributed by atoms with Crippen molar-refractivity contribution in [3.63, 3.8) is 0 Å². The number of nitrogens with zero attached hydrogens (tertiary/aromatic N) is 3. The van der Waals surface area contributed by atoms with Crippen molar-refractivity contribution in [3.05, 3.63) is 40.9 Å². The Labute approximate surface area is 133 Å². The molecule has 5 nitrogen and oxygen atoms in total. The van der Waals surface area contributed by atoms with Gasteiger partial charge in [-0.15, -0.1) is 0 Å². The fourth-order valence-electron chi connectivity index (χ4n) is 2.75. The van der Waals surface area contributed by atoms with Gasteiger partial charge in [0.1, 0.15) is 11.2 Å². The van der Waals surface area contributed by atoms with Crippen molar-refractivity contribution < 1.29 is 9.53 Å². The van der Waals surface area contributed by atoms with Crippen molar-refractivity contribution in [3.8, 4) is 5.69 Å². The fraction of sp³-hybridized carbons (Fsp3) is 0.438.